The summed E-state index contributed by atoms with van der Waals surface area (Å²) < 4.78 is 26.4. The third-order valence-corrected chi connectivity index (χ3v) is 6.56. The van der Waals surface area contributed by atoms with Gasteiger partial charge in [-0.2, -0.15) is 4.31 Å². The molecule has 9 heteroatoms. The van der Waals surface area contributed by atoms with Gasteiger partial charge >= 0.3 is 0 Å². The Hall–Kier alpha value is -2.81. The van der Waals surface area contributed by atoms with Crippen molar-refractivity contribution in [3.63, 3.8) is 0 Å². The zero-order chi connectivity index (χ0) is 21.9. The average Bonchev–Trinajstić information content (AvgIpc) is 2.71. The van der Waals surface area contributed by atoms with E-state index in [0.29, 0.717) is 5.02 Å². The van der Waals surface area contributed by atoms with Gasteiger partial charge in [0.2, 0.25) is 10.0 Å². The lowest BCUT2D eigenvalue weighted by atomic mass is 10.1. The Balaban J connectivity index is 1.70. The van der Waals surface area contributed by atoms with Crippen molar-refractivity contribution in [2.24, 2.45) is 0 Å². The Labute approximate surface area is 180 Å². The Kier molecular flexibility index (Phi) is 6.50. The number of amides is 1. The number of sulfonamides is 1. The lowest BCUT2D eigenvalue weighted by Crippen LogP contribution is -2.27. The summed E-state index contributed by atoms with van der Waals surface area (Å²) in [5.74, 6) is -0.0595. The molecule has 30 heavy (non-hydrogen) atoms. The van der Waals surface area contributed by atoms with E-state index in [9.17, 15) is 13.2 Å². The van der Waals surface area contributed by atoms with Crippen molar-refractivity contribution in [1.29, 1.82) is 0 Å². The minimum absolute atomic E-state index is 0.0379. The standard InChI is InChI=1S/C21H21ClN4O3S/c1-14-4-5-15(2)19(10-14)25-21(27)16-11-23-20(24-12-16)13-26(3)30(28,29)18-8-6-17(22)7-9-18/h4-12H,13H2,1-3H3,(H,25,27). The van der Waals surface area contributed by atoms with Gasteiger partial charge in [-0.1, -0.05) is 23.7 Å². The summed E-state index contributed by atoms with van der Waals surface area (Å²) in [5.41, 5.74) is 2.98. The zero-order valence-electron chi connectivity index (χ0n) is 16.8. The summed E-state index contributed by atoms with van der Waals surface area (Å²) in [6, 6.07) is 11.7. The number of carbonyl (C=O) groups is 1. The van der Waals surface area contributed by atoms with E-state index in [4.69, 9.17) is 11.6 Å². The second-order valence-corrected chi connectivity index (χ2v) is 9.36. The fraction of sp³-hybridized carbons (Fsp3) is 0.190. The van der Waals surface area contributed by atoms with E-state index in [0.717, 1.165) is 21.1 Å². The molecule has 0 aliphatic rings. The fourth-order valence-electron chi connectivity index (χ4n) is 2.69. The quantitative estimate of drug-likeness (QED) is 0.623. The predicted molar refractivity (Wildman–Crippen MR) is 116 cm³/mol. The molecule has 3 rings (SSSR count). The molecule has 0 unspecified atom stereocenters. The van der Waals surface area contributed by atoms with Crippen LogP contribution in [0.15, 0.2) is 59.8 Å². The Morgan fingerprint density at radius 2 is 1.70 bits per heavy atom. The molecule has 0 atom stereocenters. The molecule has 0 aliphatic heterocycles. The van der Waals surface area contributed by atoms with Crippen LogP contribution in [0, 0.1) is 13.8 Å². The number of aromatic nitrogens is 2. The van der Waals surface area contributed by atoms with Gasteiger partial charge in [-0.25, -0.2) is 18.4 Å². The van der Waals surface area contributed by atoms with Gasteiger partial charge in [0, 0.05) is 30.2 Å². The molecule has 0 radical (unpaired) electrons. The molecule has 0 saturated carbocycles. The van der Waals surface area contributed by atoms with Crippen molar-refractivity contribution >= 4 is 33.2 Å². The molecule has 156 valence electrons. The fourth-order valence-corrected chi connectivity index (χ4v) is 3.94. The monoisotopic (exact) mass is 444 g/mol. The molecule has 1 amide bonds. The van der Waals surface area contributed by atoms with E-state index in [1.807, 2.05) is 32.0 Å². The van der Waals surface area contributed by atoms with Gasteiger partial charge in [-0.15, -0.1) is 0 Å². The molecular formula is C21H21ClN4O3S. The first-order valence-corrected chi connectivity index (χ1v) is 10.9. The molecule has 1 aromatic heterocycles. The minimum Gasteiger partial charge on any atom is -0.322 e. The first-order chi connectivity index (χ1) is 14.2. The Morgan fingerprint density at radius 1 is 1.07 bits per heavy atom. The summed E-state index contributed by atoms with van der Waals surface area (Å²) in [6.07, 6.45) is 2.76. The highest BCUT2D eigenvalue weighted by Crippen LogP contribution is 2.19. The van der Waals surface area contributed by atoms with Crippen LogP contribution in [0.25, 0.3) is 0 Å². The van der Waals surface area contributed by atoms with Crippen LogP contribution < -0.4 is 5.32 Å². The number of rotatable bonds is 6. The van der Waals surface area contributed by atoms with Crippen LogP contribution >= 0.6 is 11.6 Å². The first-order valence-electron chi connectivity index (χ1n) is 9.08. The van der Waals surface area contributed by atoms with Crippen molar-refractivity contribution < 1.29 is 13.2 Å². The molecule has 1 N–H and O–H groups in total. The molecule has 2 aromatic carbocycles. The minimum atomic E-state index is -3.71. The van der Waals surface area contributed by atoms with Crippen LogP contribution in [-0.4, -0.2) is 35.6 Å². The normalized spacial score (nSPS) is 11.5. The summed E-state index contributed by atoms with van der Waals surface area (Å²) in [7, 11) is -2.28. The molecule has 7 nitrogen and oxygen atoms in total. The third-order valence-electron chi connectivity index (χ3n) is 4.49. The third kappa shape index (κ3) is 5.02. The highest BCUT2D eigenvalue weighted by atomic mass is 35.5. The van der Waals surface area contributed by atoms with E-state index in [-0.39, 0.29) is 28.7 Å². The largest absolute Gasteiger partial charge is 0.322 e. The van der Waals surface area contributed by atoms with Crippen molar-refractivity contribution in [2.75, 3.05) is 12.4 Å². The van der Waals surface area contributed by atoms with Crippen LogP contribution in [0.4, 0.5) is 5.69 Å². The number of nitrogens with one attached hydrogen (secondary N) is 1. The molecule has 0 bridgehead atoms. The van der Waals surface area contributed by atoms with E-state index >= 15 is 0 Å². The van der Waals surface area contributed by atoms with Gasteiger partial charge in [0.15, 0.2) is 0 Å². The number of aryl methyl sites for hydroxylation is 2. The van der Waals surface area contributed by atoms with Gasteiger partial charge in [-0.3, -0.25) is 4.79 Å². The molecule has 0 spiro atoms. The highest BCUT2D eigenvalue weighted by Gasteiger charge is 2.22. The molecule has 0 fully saturated rings. The zero-order valence-corrected chi connectivity index (χ0v) is 18.3. The number of hydrogen-bond acceptors (Lipinski definition) is 5. The van der Waals surface area contributed by atoms with Crippen LogP contribution in [-0.2, 0) is 16.6 Å². The van der Waals surface area contributed by atoms with Gasteiger partial charge in [-0.05, 0) is 55.3 Å². The maximum atomic E-state index is 12.6. The SMILES string of the molecule is Cc1ccc(C)c(NC(=O)c2cnc(CN(C)S(=O)(=O)c3ccc(Cl)cc3)nc2)c1. The summed E-state index contributed by atoms with van der Waals surface area (Å²) in [4.78, 5) is 20.9. The smallest absolute Gasteiger partial charge is 0.258 e. The van der Waals surface area contributed by atoms with Crippen LogP contribution in [0.3, 0.4) is 0 Å². The lowest BCUT2D eigenvalue weighted by molar-refractivity contribution is 0.102. The van der Waals surface area contributed by atoms with E-state index in [1.54, 1.807) is 0 Å². The maximum Gasteiger partial charge on any atom is 0.258 e. The van der Waals surface area contributed by atoms with Crippen LogP contribution in [0.1, 0.15) is 27.3 Å². The van der Waals surface area contributed by atoms with Gasteiger partial charge < -0.3 is 5.32 Å². The predicted octanol–water partition coefficient (Wildman–Crippen LogP) is 3.82. The molecule has 3 aromatic rings. The second kappa shape index (κ2) is 8.91. The average molecular weight is 445 g/mol. The van der Waals surface area contributed by atoms with Crippen molar-refractivity contribution in [3.8, 4) is 0 Å². The number of nitrogens with zero attached hydrogens (tertiary/aromatic N) is 3. The van der Waals surface area contributed by atoms with E-state index in [2.05, 4.69) is 15.3 Å². The Bertz CT molecular complexity index is 1160. The number of benzene rings is 2. The summed E-state index contributed by atoms with van der Waals surface area (Å²) in [6.45, 7) is 3.82. The van der Waals surface area contributed by atoms with Gasteiger partial charge in [0.25, 0.3) is 5.91 Å². The first kappa shape index (κ1) is 21.9. The van der Waals surface area contributed by atoms with Gasteiger partial charge in [0.1, 0.15) is 5.82 Å². The van der Waals surface area contributed by atoms with Crippen molar-refractivity contribution in [3.05, 3.63) is 82.4 Å². The lowest BCUT2D eigenvalue weighted by Gasteiger charge is -2.16. The molecule has 1 heterocycles. The number of halogens is 1. The topological polar surface area (TPSA) is 92.3 Å². The van der Waals surface area contributed by atoms with E-state index in [1.165, 1.54) is 43.7 Å². The number of carbonyl (C=O) groups excluding carboxylic acids is 1. The number of anilines is 1. The summed E-state index contributed by atoms with van der Waals surface area (Å²) in [5, 5.41) is 3.30. The molecule has 0 aliphatic carbocycles. The van der Waals surface area contributed by atoms with Crippen LogP contribution in [0.5, 0.6) is 0 Å². The van der Waals surface area contributed by atoms with E-state index < -0.39 is 10.0 Å². The highest BCUT2D eigenvalue weighted by molar-refractivity contribution is 7.89. The van der Waals surface area contributed by atoms with Crippen LogP contribution in [0.2, 0.25) is 5.02 Å². The maximum absolute atomic E-state index is 12.6. The number of hydrogen-bond donors (Lipinski definition) is 1. The second-order valence-electron chi connectivity index (χ2n) is 6.88. The van der Waals surface area contributed by atoms with Crippen molar-refractivity contribution in [1.82, 2.24) is 14.3 Å². The molecule has 0 saturated heterocycles. The molecular weight excluding hydrogens is 424 g/mol. The Morgan fingerprint density at radius 3 is 2.33 bits per heavy atom. The summed E-state index contributed by atoms with van der Waals surface area (Å²) >= 11 is 5.82. The van der Waals surface area contributed by atoms with Crippen molar-refractivity contribution in [2.45, 2.75) is 25.3 Å². The van der Waals surface area contributed by atoms with Gasteiger partial charge in [0.05, 0.1) is 17.0 Å².